The summed E-state index contributed by atoms with van der Waals surface area (Å²) >= 11 is 0. The van der Waals surface area contributed by atoms with Crippen molar-refractivity contribution < 1.29 is 14.3 Å². The SMILES string of the molecule is COCC(=O)N/N=C(/C)CC(=O)Nc1c(C)cc(C)cc1C. The van der Waals surface area contributed by atoms with Crippen molar-refractivity contribution in [1.82, 2.24) is 5.43 Å². The number of nitrogens with one attached hydrogen (secondary N) is 2. The average Bonchev–Trinajstić information content (AvgIpc) is 2.41. The molecule has 0 radical (unpaired) electrons. The molecule has 2 amide bonds. The van der Waals surface area contributed by atoms with Crippen molar-refractivity contribution in [1.29, 1.82) is 0 Å². The number of rotatable bonds is 6. The van der Waals surface area contributed by atoms with E-state index in [0.717, 1.165) is 22.4 Å². The van der Waals surface area contributed by atoms with Crippen LogP contribution in [0.25, 0.3) is 0 Å². The topological polar surface area (TPSA) is 79.8 Å². The highest BCUT2D eigenvalue weighted by Crippen LogP contribution is 2.21. The summed E-state index contributed by atoms with van der Waals surface area (Å²) in [6.07, 6.45) is 0.111. The van der Waals surface area contributed by atoms with Gasteiger partial charge < -0.3 is 10.1 Å². The Morgan fingerprint density at radius 3 is 2.27 bits per heavy atom. The van der Waals surface area contributed by atoms with Gasteiger partial charge in [-0.15, -0.1) is 0 Å². The van der Waals surface area contributed by atoms with Crippen LogP contribution in [0.5, 0.6) is 0 Å². The van der Waals surface area contributed by atoms with Crippen LogP contribution < -0.4 is 10.7 Å². The first-order valence-corrected chi connectivity index (χ1v) is 7.02. The Balaban J connectivity index is 2.63. The van der Waals surface area contributed by atoms with Crippen LogP contribution in [0.4, 0.5) is 5.69 Å². The molecule has 1 aromatic rings. The first kappa shape index (κ1) is 17.8. The molecule has 0 aromatic heterocycles. The smallest absolute Gasteiger partial charge is 0.266 e. The summed E-state index contributed by atoms with van der Waals surface area (Å²) in [5.41, 5.74) is 6.87. The number of anilines is 1. The number of hydrogen-bond acceptors (Lipinski definition) is 4. The van der Waals surface area contributed by atoms with Crippen LogP contribution in [-0.2, 0) is 14.3 Å². The molecule has 0 unspecified atom stereocenters. The van der Waals surface area contributed by atoms with Gasteiger partial charge in [0.1, 0.15) is 6.61 Å². The first-order chi connectivity index (χ1) is 10.3. The first-order valence-electron chi connectivity index (χ1n) is 7.02. The minimum atomic E-state index is -0.354. The standard InChI is InChI=1S/C16H23N3O3/c1-10-6-11(2)16(12(3)7-10)17-14(20)8-13(4)18-19-15(21)9-22-5/h6-7H,8-9H2,1-5H3,(H,17,20)(H,19,21)/b18-13-. The monoisotopic (exact) mass is 305 g/mol. The summed E-state index contributed by atoms with van der Waals surface area (Å²) in [5, 5.41) is 6.75. The number of ether oxygens (including phenoxy) is 1. The molecule has 6 nitrogen and oxygen atoms in total. The third-order valence-electron chi connectivity index (χ3n) is 3.00. The highest BCUT2D eigenvalue weighted by Gasteiger charge is 2.09. The molecule has 0 spiro atoms. The van der Waals surface area contributed by atoms with Crippen LogP contribution in [0, 0.1) is 20.8 Å². The average molecular weight is 305 g/mol. The zero-order chi connectivity index (χ0) is 16.7. The molecule has 0 aliphatic rings. The Kier molecular flexibility index (Phi) is 6.72. The molecule has 22 heavy (non-hydrogen) atoms. The molecule has 0 bridgehead atoms. The molecule has 0 atom stereocenters. The van der Waals surface area contributed by atoms with E-state index in [1.165, 1.54) is 7.11 Å². The largest absolute Gasteiger partial charge is 0.375 e. The zero-order valence-corrected chi connectivity index (χ0v) is 13.7. The highest BCUT2D eigenvalue weighted by atomic mass is 16.5. The molecule has 0 saturated carbocycles. The van der Waals surface area contributed by atoms with Gasteiger partial charge in [0.2, 0.25) is 5.91 Å². The summed E-state index contributed by atoms with van der Waals surface area (Å²) in [6.45, 7) is 7.56. The minimum Gasteiger partial charge on any atom is -0.375 e. The third kappa shape index (κ3) is 5.65. The number of hydrazone groups is 1. The van der Waals surface area contributed by atoms with Crippen LogP contribution in [-0.4, -0.2) is 31.2 Å². The second-order valence-corrected chi connectivity index (χ2v) is 5.31. The van der Waals surface area contributed by atoms with Crippen molar-refractivity contribution in [3.05, 3.63) is 28.8 Å². The third-order valence-corrected chi connectivity index (χ3v) is 3.00. The summed E-state index contributed by atoms with van der Waals surface area (Å²) in [6, 6.07) is 4.04. The van der Waals surface area contributed by atoms with Crippen molar-refractivity contribution in [2.24, 2.45) is 5.10 Å². The molecular weight excluding hydrogens is 282 g/mol. The summed E-state index contributed by atoms with van der Waals surface area (Å²) in [7, 11) is 1.43. The predicted octanol–water partition coefficient (Wildman–Crippen LogP) is 2.08. The van der Waals surface area contributed by atoms with Gasteiger partial charge in [0.05, 0.1) is 6.42 Å². The zero-order valence-electron chi connectivity index (χ0n) is 13.7. The Bertz CT molecular complexity index is 571. The van der Waals surface area contributed by atoms with E-state index in [2.05, 4.69) is 20.6 Å². The maximum absolute atomic E-state index is 12.1. The fraction of sp³-hybridized carbons (Fsp3) is 0.438. The number of carbonyl (C=O) groups excluding carboxylic acids is 2. The number of aryl methyl sites for hydroxylation is 3. The lowest BCUT2D eigenvalue weighted by molar-refractivity contribution is -0.124. The molecule has 6 heteroatoms. The van der Waals surface area contributed by atoms with Gasteiger partial charge in [-0.1, -0.05) is 17.7 Å². The van der Waals surface area contributed by atoms with Gasteiger partial charge in [-0.05, 0) is 38.8 Å². The van der Waals surface area contributed by atoms with Gasteiger partial charge in [0.25, 0.3) is 5.91 Å². The second-order valence-electron chi connectivity index (χ2n) is 5.31. The minimum absolute atomic E-state index is 0.0647. The lowest BCUT2D eigenvalue weighted by atomic mass is 10.0. The molecule has 2 N–H and O–H groups in total. The van der Waals surface area contributed by atoms with Crippen LogP contribution >= 0.6 is 0 Å². The van der Waals surface area contributed by atoms with Crippen molar-refractivity contribution in [3.63, 3.8) is 0 Å². The lowest BCUT2D eigenvalue weighted by Gasteiger charge is -2.12. The van der Waals surface area contributed by atoms with E-state index in [1.54, 1.807) is 6.92 Å². The normalized spacial score (nSPS) is 11.2. The predicted molar refractivity (Wildman–Crippen MR) is 87.0 cm³/mol. The summed E-state index contributed by atoms with van der Waals surface area (Å²) < 4.78 is 4.67. The van der Waals surface area contributed by atoms with Gasteiger partial charge in [-0.25, -0.2) is 5.43 Å². The van der Waals surface area contributed by atoms with E-state index in [0.29, 0.717) is 5.71 Å². The fourth-order valence-corrected chi connectivity index (χ4v) is 2.15. The van der Waals surface area contributed by atoms with Gasteiger partial charge >= 0.3 is 0 Å². The number of methoxy groups -OCH3 is 1. The quantitative estimate of drug-likeness (QED) is 0.624. The van der Waals surface area contributed by atoms with Crippen LogP contribution in [0.3, 0.4) is 0 Å². The van der Waals surface area contributed by atoms with Crippen molar-refractivity contribution >= 4 is 23.2 Å². The summed E-state index contributed by atoms with van der Waals surface area (Å²) in [5.74, 6) is -0.523. The number of benzene rings is 1. The molecule has 1 aromatic carbocycles. The Hall–Kier alpha value is -2.21. The van der Waals surface area contributed by atoms with Gasteiger partial charge in [0.15, 0.2) is 0 Å². The van der Waals surface area contributed by atoms with Crippen LogP contribution in [0.2, 0.25) is 0 Å². The van der Waals surface area contributed by atoms with Gasteiger partial charge in [0, 0.05) is 18.5 Å². The van der Waals surface area contributed by atoms with E-state index in [-0.39, 0.29) is 24.8 Å². The number of hydrogen-bond donors (Lipinski definition) is 2. The van der Waals surface area contributed by atoms with Crippen molar-refractivity contribution in [3.8, 4) is 0 Å². The van der Waals surface area contributed by atoms with Crippen molar-refractivity contribution in [2.45, 2.75) is 34.1 Å². The van der Waals surface area contributed by atoms with E-state index in [1.807, 2.05) is 32.9 Å². The second kappa shape index (κ2) is 8.29. The Labute approximate surface area is 130 Å². The van der Waals surface area contributed by atoms with E-state index in [4.69, 9.17) is 0 Å². The van der Waals surface area contributed by atoms with E-state index >= 15 is 0 Å². The van der Waals surface area contributed by atoms with Crippen molar-refractivity contribution in [2.75, 3.05) is 19.0 Å². The fourth-order valence-electron chi connectivity index (χ4n) is 2.15. The number of carbonyl (C=O) groups is 2. The van der Waals surface area contributed by atoms with E-state index in [9.17, 15) is 9.59 Å². The Morgan fingerprint density at radius 2 is 1.73 bits per heavy atom. The molecule has 0 aliphatic carbocycles. The molecule has 0 aliphatic heterocycles. The van der Waals surface area contributed by atoms with Crippen LogP contribution in [0.1, 0.15) is 30.0 Å². The maximum atomic E-state index is 12.1. The molecule has 1 rings (SSSR count). The molecule has 0 saturated heterocycles. The van der Waals surface area contributed by atoms with Gasteiger partial charge in [-0.3, -0.25) is 9.59 Å². The van der Waals surface area contributed by atoms with Crippen LogP contribution in [0.15, 0.2) is 17.2 Å². The lowest BCUT2D eigenvalue weighted by Crippen LogP contribution is -2.24. The number of nitrogens with zero attached hydrogens (tertiary/aromatic N) is 1. The Morgan fingerprint density at radius 1 is 1.14 bits per heavy atom. The molecule has 0 heterocycles. The van der Waals surface area contributed by atoms with E-state index < -0.39 is 0 Å². The highest BCUT2D eigenvalue weighted by molar-refractivity contribution is 6.06. The molecular formula is C16H23N3O3. The maximum Gasteiger partial charge on any atom is 0.266 e. The molecule has 0 fully saturated rings. The number of amides is 2. The molecule has 120 valence electrons. The summed E-state index contributed by atoms with van der Waals surface area (Å²) in [4.78, 5) is 23.3. The van der Waals surface area contributed by atoms with Gasteiger partial charge in [-0.2, -0.15) is 5.10 Å².